The number of rotatable bonds is 13. The molecule has 1 fully saturated rings. The highest BCUT2D eigenvalue weighted by Crippen LogP contribution is 2.28. The molecule has 0 aliphatic carbocycles. The van der Waals surface area contributed by atoms with Gasteiger partial charge in [-0.15, -0.1) is 0 Å². The second-order valence-corrected chi connectivity index (χ2v) is 7.94. The van der Waals surface area contributed by atoms with Crippen LogP contribution in [-0.2, 0) is 22.8 Å². The van der Waals surface area contributed by atoms with Gasteiger partial charge < -0.3 is 22.8 Å². The molecule has 1 aliphatic heterocycles. The van der Waals surface area contributed by atoms with Crippen molar-refractivity contribution in [1.29, 1.82) is 0 Å². The molecule has 0 aromatic rings. The van der Waals surface area contributed by atoms with Gasteiger partial charge in [0.25, 0.3) is 0 Å². The second-order valence-electron chi connectivity index (χ2n) is 5.27. The Morgan fingerprint density at radius 1 is 1.05 bits per heavy atom. The molecule has 6 heteroatoms. The van der Waals surface area contributed by atoms with Crippen LogP contribution in [0.15, 0.2) is 0 Å². The summed E-state index contributed by atoms with van der Waals surface area (Å²) in [7, 11) is -2.60. The second kappa shape index (κ2) is 9.92. The smallest absolute Gasteiger partial charge is 0.374 e. The molecule has 1 saturated heterocycles. The van der Waals surface area contributed by atoms with Crippen molar-refractivity contribution in [2.24, 2.45) is 0 Å². The van der Waals surface area contributed by atoms with Crippen LogP contribution in [0.2, 0.25) is 6.04 Å². The first kappa shape index (κ1) is 19.1. The monoisotopic (exact) mass is 320 g/mol. The first-order valence-electron chi connectivity index (χ1n) is 8.33. The molecule has 0 radical (unpaired) electrons. The van der Waals surface area contributed by atoms with Gasteiger partial charge in [-0.1, -0.05) is 20.3 Å². The fourth-order valence-corrected chi connectivity index (χ4v) is 5.18. The van der Waals surface area contributed by atoms with Crippen molar-refractivity contribution in [1.82, 2.24) is 0 Å². The SMILES string of the molecule is CCC[Si](OCC)(OCC)OC(C)OCCC1OC1CC. The maximum absolute atomic E-state index is 6.05. The molecule has 5 nitrogen and oxygen atoms in total. The highest BCUT2D eigenvalue weighted by atomic mass is 28.4. The molecule has 3 unspecified atom stereocenters. The van der Waals surface area contributed by atoms with Crippen LogP contribution < -0.4 is 0 Å². The molecule has 1 heterocycles. The molecule has 0 amide bonds. The van der Waals surface area contributed by atoms with Crippen LogP contribution in [0.3, 0.4) is 0 Å². The third kappa shape index (κ3) is 6.75. The van der Waals surface area contributed by atoms with Crippen molar-refractivity contribution in [2.75, 3.05) is 19.8 Å². The van der Waals surface area contributed by atoms with Crippen LogP contribution in [0.4, 0.5) is 0 Å². The van der Waals surface area contributed by atoms with Gasteiger partial charge in [-0.05, 0) is 33.6 Å². The largest absolute Gasteiger partial charge is 0.502 e. The Balaban J connectivity index is 2.34. The summed E-state index contributed by atoms with van der Waals surface area (Å²) < 4.78 is 29.0. The zero-order chi connectivity index (χ0) is 15.7. The standard InChI is InChI=1S/C15H32O5Si/c1-6-12-21(17-8-3,18-9-4)20-13(5)16-11-10-15-14(7-2)19-15/h13-15H,6-12H2,1-5H3. The Bertz CT molecular complexity index is 260. The van der Waals surface area contributed by atoms with E-state index in [1.54, 1.807) is 0 Å². The van der Waals surface area contributed by atoms with Crippen molar-refractivity contribution in [3.63, 3.8) is 0 Å². The average Bonchev–Trinajstić information content (AvgIpc) is 3.18. The average molecular weight is 321 g/mol. The summed E-state index contributed by atoms with van der Waals surface area (Å²) in [5.74, 6) is 0. The highest BCUT2D eigenvalue weighted by molar-refractivity contribution is 6.60. The Labute approximate surface area is 130 Å². The van der Waals surface area contributed by atoms with E-state index in [4.69, 9.17) is 22.8 Å². The number of hydrogen-bond donors (Lipinski definition) is 0. The van der Waals surface area contributed by atoms with E-state index in [1.165, 1.54) is 0 Å². The van der Waals surface area contributed by atoms with E-state index in [2.05, 4.69) is 13.8 Å². The third-order valence-corrected chi connectivity index (χ3v) is 6.74. The Kier molecular flexibility index (Phi) is 9.00. The van der Waals surface area contributed by atoms with E-state index in [-0.39, 0.29) is 6.29 Å². The molecular weight excluding hydrogens is 288 g/mol. The molecule has 0 bridgehead atoms. The van der Waals surface area contributed by atoms with Crippen LogP contribution in [-0.4, -0.2) is 47.1 Å². The van der Waals surface area contributed by atoms with Gasteiger partial charge in [-0.2, -0.15) is 0 Å². The highest BCUT2D eigenvalue weighted by Gasteiger charge is 2.42. The van der Waals surface area contributed by atoms with Crippen LogP contribution in [0, 0.1) is 0 Å². The van der Waals surface area contributed by atoms with E-state index >= 15 is 0 Å². The summed E-state index contributed by atoms with van der Waals surface area (Å²) in [6, 6.07) is 0.825. The van der Waals surface area contributed by atoms with Crippen LogP contribution in [0.5, 0.6) is 0 Å². The van der Waals surface area contributed by atoms with Crippen molar-refractivity contribution < 1.29 is 22.8 Å². The number of hydrogen-bond acceptors (Lipinski definition) is 5. The molecule has 21 heavy (non-hydrogen) atoms. The van der Waals surface area contributed by atoms with E-state index in [0.717, 1.165) is 25.3 Å². The quantitative estimate of drug-likeness (QED) is 0.296. The molecule has 126 valence electrons. The van der Waals surface area contributed by atoms with Crippen LogP contribution in [0.25, 0.3) is 0 Å². The summed E-state index contributed by atoms with van der Waals surface area (Å²) in [5.41, 5.74) is 0. The molecule has 0 aromatic heterocycles. The van der Waals surface area contributed by atoms with Gasteiger partial charge in [-0.25, -0.2) is 0 Å². The molecule has 0 spiro atoms. The normalized spacial score (nSPS) is 23.3. The van der Waals surface area contributed by atoms with Gasteiger partial charge in [0.2, 0.25) is 0 Å². The van der Waals surface area contributed by atoms with Gasteiger partial charge in [0.15, 0.2) is 0 Å². The molecule has 0 aromatic carbocycles. The Morgan fingerprint density at radius 3 is 2.19 bits per heavy atom. The third-order valence-electron chi connectivity index (χ3n) is 3.48. The molecule has 3 atom stereocenters. The zero-order valence-electron chi connectivity index (χ0n) is 14.2. The van der Waals surface area contributed by atoms with Crippen molar-refractivity contribution in [2.45, 2.75) is 78.4 Å². The lowest BCUT2D eigenvalue weighted by molar-refractivity contribution is -0.109. The van der Waals surface area contributed by atoms with E-state index < -0.39 is 8.80 Å². The lowest BCUT2D eigenvalue weighted by Gasteiger charge is -2.31. The minimum Gasteiger partial charge on any atom is -0.374 e. The first-order valence-corrected chi connectivity index (χ1v) is 10.3. The predicted molar refractivity (Wildman–Crippen MR) is 84.2 cm³/mol. The molecule has 0 saturated carbocycles. The van der Waals surface area contributed by atoms with Crippen molar-refractivity contribution in [3.05, 3.63) is 0 Å². The summed E-state index contributed by atoms with van der Waals surface area (Å²) in [6.07, 6.45) is 3.49. The van der Waals surface area contributed by atoms with E-state index in [0.29, 0.717) is 32.0 Å². The van der Waals surface area contributed by atoms with Crippen LogP contribution >= 0.6 is 0 Å². The Morgan fingerprint density at radius 2 is 1.71 bits per heavy atom. The molecule has 0 N–H and O–H groups in total. The minimum absolute atomic E-state index is 0.305. The lowest BCUT2D eigenvalue weighted by Crippen LogP contribution is -2.48. The summed E-state index contributed by atoms with van der Waals surface area (Å²) >= 11 is 0. The fraction of sp³-hybridized carbons (Fsp3) is 1.00. The van der Waals surface area contributed by atoms with E-state index in [1.807, 2.05) is 20.8 Å². The minimum atomic E-state index is -2.60. The van der Waals surface area contributed by atoms with Crippen LogP contribution in [0.1, 0.15) is 53.9 Å². The molecular formula is C15H32O5Si. The van der Waals surface area contributed by atoms with E-state index in [9.17, 15) is 0 Å². The van der Waals surface area contributed by atoms with Gasteiger partial charge in [-0.3, -0.25) is 0 Å². The topological polar surface area (TPSA) is 49.5 Å². The molecule has 1 aliphatic rings. The van der Waals surface area contributed by atoms with Crippen molar-refractivity contribution in [3.8, 4) is 0 Å². The van der Waals surface area contributed by atoms with Crippen molar-refractivity contribution >= 4 is 8.80 Å². The maximum Gasteiger partial charge on any atom is 0.502 e. The van der Waals surface area contributed by atoms with Gasteiger partial charge in [0.05, 0.1) is 18.8 Å². The summed E-state index contributed by atoms with van der Waals surface area (Å²) in [6.45, 7) is 12.0. The van der Waals surface area contributed by atoms with Gasteiger partial charge >= 0.3 is 8.80 Å². The lowest BCUT2D eigenvalue weighted by atomic mass is 10.2. The molecule has 1 rings (SSSR count). The van der Waals surface area contributed by atoms with Gasteiger partial charge in [0, 0.05) is 19.3 Å². The number of ether oxygens (including phenoxy) is 2. The zero-order valence-corrected chi connectivity index (χ0v) is 15.2. The summed E-state index contributed by atoms with van der Waals surface area (Å²) in [4.78, 5) is 0. The van der Waals surface area contributed by atoms with Gasteiger partial charge in [0.1, 0.15) is 6.29 Å². The maximum atomic E-state index is 6.05. The predicted octanol–water partition coefficient (Wildman–Crippen LogP) is 3.36. The Hall–Kier alpha value is 0.0169. The fourth-order valence-electron chi connectivity index (χ4n) is 2.49. The first-order chi connectivity index (χ1) is 10.1. The summed E-state index contributed by atoms with van der Waals surface area (Å²) in [5, 5.41) is 0. The number of epoxide rings is 1.